The summed E-state index contributed by atoms with van der Waals surface area (Å²) < 4.78 is 40.0. The molecule has 5 nitrogen and oxygen atoms in total. The van der Waals surface area contributed by atoms with E-state index in [2.05, 4.69) is 47.4 Å². The summed E-state index contributed by atoms with van der Waals surface area (Å²) in [6.07, 6.45) is 0. The number of fused-ring (bicyclic) bond motifs is 2. The molecule has 1 N–H and O–H groups in total. The van der Waals surface area contributed by atoms with E-state index in [1.54, 1.807) is 0 Å². The Bertz CT molecular complexity index is 1980. The van der Waals surface area contributed by atoms with Gasteiger partial charge in [0.05, 0.1) is 4.90 Å². The average molecular weight is 549 g/mol. The van der Waals surface area contributed by atoms with E-state index in [4.69, 9.17) is 4.42 Å². The largest absolute Gasteiger partial charge is 0.456 e. The van der Waals surface area contributed by atoms with Crippen molar-refractivity contribution in [3.63, 3.8) is 0 Å². The molecule has 6 rings (SSSR count). The molecular formula is C34H32N2O3S. The minimum Gasteiger partial charge on any atom is -0.456 e. The SMILES string of the molecule is Cc1cc(C)c(S(=O)(=O)Nc2c(C(c3ccccc3)n3c(C)c(C)c4ccccc43)oc3ccccc23)c(C)c1. The van der Waals surface area contributed by atoms with Gasteiger partial charge in [-0.05, 0) is 75.1 Å². The zero-order valence-electron chi connectivity index (χ0n) is 23.3. The molecule has 202 valence electrons. The first-order chi connectivity index (χ1) is 19.2. The summed E-state index contributed by atoms with van der Waals surface area (Å²) in [4.78, 5) is 0.295. The topological polar surface area (TPSA) is 64.2 Å². The van der Waals surface area contributed by atoms with E-state index in [0.717, 1.165) is 33.1 Å². The Kier molecular flexibility index (Phi) is 6.31. The van der Waals surface area contributed by atoms with Crippen LogP contribution in [0.1, 0.15) is 45.3 Å². The van der Waals surface area contributed by atoms with Crippen molar-refractivity contribution in [2.75, 3.05) is 4.72 Å². The number of aryl methyl sites for hydroxylation is 4. The van der Waals surface area contributed by atoms with Crippen LogP contribution in [0.25, 0.3) is 21.9 Å². The summed E-state index contributed by atoms with van der Waals surface area (Å²) in [6, 6.07) is 29.4. The van der Waals surface area contributed by atoms with Crippen molar-refractivity contribution in [2.45, 2.75) is 45.6 Å². The third-order valence-corrected chi connectivity index (χ3v) is 9.48. The Labute approximate surface area is 235 Å². The molecule has 0 aliphatic carbocycles. The summed E-state index contributed by atoms with van der Waals surface area (Å²) in [5, 5.41) is 1.88. The summed E-state index contributed by atoms with van der Waals surface area (Å²) in [6.45, 7) is 9.89. The average Bonchev–Trinajstić information content (AvgIpc) is 3.39. The molecule has 0 aliphatic heterocycles. The Balaban J connectivity index is 1.65. The van der Waals surface area contributed by atoms with E-state index in [0.29, 0.717) is 33.1 Å². The highest BCUT2D eigenvalue weighted by molar-refractivity contribution is 7.92. The minimum absolute atomic E-state index is 0.295. The van der Waals surface area contributed by atoms with Crippen LogP contribution in [0, 0.1) is 34.6 Å². The summed E-state index contributed by atoms with van der Waals surface area (Å²) in [5.41, 5.74) is 7.86. The van der Waals surface area contributed by atoms with E-state index in [1.165, 1.54) is 5.56 Å². The lowest BCUT2D eigenvalue weighted by Gasteiger charge is -2.23. The number of rotatable bonds is 6. The smallest absolute Gasteiger partial charge is 0.262 e. The van der Waals surface area contributed by atoms with Gasteiger partial charge in [0.25, 0.3) is 10.0 Å². The number of anilines is 1. The van der Waals surface area contributed by atoms with E-state index in [9.17, 15) is 8.42 Å². The molecule has 0 spiro atoms. The van der Waals surface area contributed by atoms with Crippen LogP contribution < -0.4 is 4.72 Å². The van der Waals surface area contributed by atoms with Gasteiger partial charge >= 0.3 is 0 Å². The van der Waals surface area contributed by atoms with Crippen LogP contribution in [0.15, 0.2) is 100 Å². The second-order valence-corrected chi connectivity index (χ2v) is 12.2. The van der Waals surface area contributed by atoms with Crippen molar-refractivity contribution in [2.24, 2.45) is 0 Å². The lowest BCUT2D eigenvalue weighted by atomic mass is 10.0. The maximum atomic E-state index is 14.1. The maximum Gasteiger partial charge on any atom is 0.262 e. The van der Waals surface area contributed by atoms with Gasteiger partial charge in [-0.2, -0.15) is 0 Å². The number of benzene rings is 4. The molecule has 0 saturated carbocycles. The second kappa shape index (κ2) is 9.72. The standard InChI is InChI=1S/C34H32N2O3S/c1-21-19-22(2)34(23(3)20-21)40(37,38)35-31-28-16-10-12-18-30(28)39-33(31)32(26-13-7-6-8-14-26)36-25(5)24(4)27-15-9-11-17-29(27)36/h6-20,32,35H,1-5H3. The zero-order valence-corrected chi connectivity index (χ0v) is 24.1. The molecule has 0 radical (unpaired) electrons. The van der Waals surface area contributed by atoms with E-state index < -0.39 is 16.1 Å². The van der Waals surface area contributed by atoms with Gasteiger partial charge in [-0.3, -0.25) is 4.72 Å². The van der Waals surface area contributed by atoms with E-state index >= 15 is 0 Å². The zero-order chi connectivity index (χ0) is 28.2. The summed E-state index contributed by atoms with van der Waals surface area (Å²) in [5.74, 6) is 0.544. The van der Waals surface area contributed by atoms with Gasteiger partial charge in [0.1, 0.15) is 17.3 Å². The minimum atomic E-state index is -3.94. The van der Waals surface area contributed by atoms with Crippen molar-refractivity contribution >= 4 is 37.6 Å². The van der Waals surface area contributed by atoms with Gasteiger partial charge in [0, 0.05) is 22.0 Å². The highest BCUT2D eigenvalue weighted by atomic mass is 32.2. The number of hydrogen-bond donors (Lipinski definition) is 1. The lowest BCUT2D eigenvalue weighted by molar-refractivity contribution is 0.492. The summed E-state index contributed by atoms with van der Waals surface area (Å²) in [7, 11) is -3.94. The van der Waals surface area contributed by atoms with Crippen LogP contribution in [0.5, 0.6) is 0 Å². The molecule has 0 fully saturated rings. The van der Waals surface area contributed by atoms with Crippen LogP contribution >= 0.6 is 0 Å². The first kappa shape index (κ1) is 26.0. The predicted molar refractivity (Wildman–Crippen MR) is 163 cm³/mol. The molecule has 1 unspecified atom stereocenters. The number of nitrogens with one attached hydrogen (secondary N) is 1. The van der Waals surface area contributed by atoms with Crippen molar-refractivity contribution in [3.05, 3.63) is 130 Å². The van der Waals surface area contributed by atoms with Crippen LogP contribution in [0.3, 0.4) is 0 Å². The van der Waals surface area contributed by atoms with Gasteiger partial charge < -0.3 is 8.98 Å². The van der Waals surface area contributed by atoms with Gasteiger partial charge in [0.15, 0.2) is 5.76 Å². The van der Waals surface area contributed by atoms with E-state index in [-0.39, 0.29) is 0 Å². The Morgan fingerprint density at radius 1 is 0.750 bits per heavy atom. The Morgan fingerprint density at radius 3 is 2.05 bits per heavy atom. The molecule has 0 saturated heterocycles. The van der Waals surface area contributed by atoms with Gasteiger partial charge in [-0.15, -0.1) is 0 Å². The van der Waals surface area contributed by atoms with E-state index in [1.807, 2.05) is 87.5 Å². The fourth-order valence-corrected chi connectivity index (χ4v) is 7.63. The molecule has 4 aromatic carbocycles. The van der Waals surface area contributed by atoms with Crippen molar-refractivity contribution in [1.29, 1.82) is 0 Å². The molecule has 0 aliphatic rings. The molecule has 0 bridgehead atoms. The fraction of sp³-hybridized carbons (Fsp3) is 0.176. The number of sulfonamides is 1. The van der Waals surface area contributed by atoms with Gasteiger partial charge in [0.2, 0.25) is 0 Å². The lowest BCUT2D eigenvalue weighted by Crippen LogP contribution is -2.19. The van der Waals surface area contributed by atoms with Crippen molar-refractivity contribution < 1.29 is 12.8 Å². The molecule has 2 heterocycles. The molecule has 6 aromatic rings. The molecule has 1 atom stereocenters. The Morgan fingerprint density at radius 2 is 1.35 bits per heavy atom. The third kappa shape index (κ3) is 4.20. The quantitative estimate of drug-likeness (QED) is 0.227. The third-order valence-electron chi connectivity index (χ3n) is 7.83. The summed E-state index contributed by atoms with van der Waals surface area (Å²) >= 11 is 0. The highest BCUT2D eigenvalue weighted by Crippen LogP contribution is 2.43. The van der Waals surface area contributed by atoms with Crippen molar-refractivity contribution in [1.82, 2.24) is 4.57 Å². The van der Waals surface area contributed by atoms with Crippen LogP contribution in [-0.4, -0.2) is 13.0 Å². The number of hydrogen-bond acceptors (Lipinski definition) is 3. The highest BCUT2D eigenvalue weighted by Gasteiger charge is 2.31. The Hall–Kier alpha value is -4.29. The fourth-order valence-electron chi connectivity index (χ4n) is 6.08. The molecule has 0 amide bonds. The normalized spacial score (nSPS) is 12.7. The predicted octanol–water partition coefficient (Wildman–Crippen LogP) is 8.37. The number of furan rings is 1. The number of para-hydroxylation sites is 2. The number of nitrogens with zero attached hydrogens (tertiary/aromatic N) is 1. The van der Waals surface area contributed by atoms with Gasteiger partial charge in [-0.25, -0.2) is 8.42 Å². The first-order valence-corrected chi connectivity index (χ1v) is 14.9. The monoisotopic (exact) mass is 548 g/mol. The van der Waals surface area contributed by atoms with Crippen LogP contribution in [-0.2, 0) is 10.0 Å². The maximum absolute atomic E-state index is 14.1. The molecule has 6 heteroatoms. The first-order valence-electron chi connectivity index (χ1n) is 13.4. The van der Waals surface area contributed by atoms with Crippen LogP contribution in [0.2, 0.25) is 0 Å². The molecule has 2 aromatic heterocycles. The number of aromatic nitrogens is 1. The van der Waals surface area contributed by atoms with Crippen molar-refractivity contribution in [3.8, 4) is 0 Å². The molecule has 40 heavy (non-hydrogen) atoms. The molecular weight excluding hydrogens is 516 g/mol. The van der Waals surface area contributed by atoms with Crippen LogP contribution in [0.4, 0.5) is 5.69 Å². The van der Waals surface area contributed by atoms with Gasteiger partial charge in [-0.1, -0.05) is 78.4 Å². The second-order valence-electron chi connectivity index (χ2n) is 10.6.